The van der Waals surface area contributed by atoms with Crippen molar-refractivity contribution in [3.63, 3.8) is 0 Å². The number of anilines is 1. The van der Waals surface area contributed by atoms with Crippen LogP contribution in [0.3, 0.4) is 0 Å². The number of unbranched alkanes of at least 4 members (excludes halogenated alkanes) is 1. The number of hydrogen-bond donors (Lipinski definition) is 1. The van der Waals surface area contributed by atoms with Crippen molar-refractivity contribution in [2.24, 2.45) is 0 Å². The predicted octanol–water partition coefficient (Wildman–Crippen LogP) is 4.14. The van der Waals surface area contributed by atoms with Crippen LogP contribution in [0, 0.1) is 6.92 Å². The number of nitrogens with one attached hydrogen (secondary N) is 1. The molecule has 0 saturated carbocycles. The normalized spacial score (nSPS) is 9.86. The molecular weight excluding hydrogens is 238 g/mol. The molecular formula is C12H16BrN. The first kappa shape index (κ1) is 11.3. The summed E-state index contributed by atoms with van der Waals surface area (Å²) >= 11 is 3.46. The molecule has 14 heavy (non-hydrogen) atoms. The van der Waals surface area contributed by atoms with Crippen LogP contribution in [0.2, 0.25) is 0 Å². The SMILES string of the molecule is C=CCCCNc1cc(Br)ccc1C. The molecule has 1 N–H and O–H groups in total. The molecule has 0 fully saturated rings. The fourth-order valence-corrected chi connectivity index (χ4v) is 1.62. The highest BCUT2D eigenvalue weighted by Crippen LogP contribution is 2.20. The van der Waals surface area contributed by atoms with Gasteiger partial charge in [-0.1, -0.05) is 28.1 Å². The van der Waals surface area contributed by atoms with Gasteiger partial charge in [0.25, 0.3) is 0 Å². The Morgan fingerprint density at radius 2 is 2.29 bits per heavy atom. The fourth-order valence-electron chi connectivity index (χ4n) is 1.25. The molecule has 1 aromatic rings. The van der Waals surface area contributed by atoms with Crippen LogP contribution in [-0.4, -0.2) is 6.54 Å². The zero-order valence-corrected chi connectivity index (χ0v) is 10.1. The number of hydrogen-bond acceptors (Lipinski definition) is 1. The Morgan fingerprint density at radius 3 is 3.00 bits per heavy atom. The van der Waals surface area contributed by atoms with Crippen molar-refractivity contribution in [2.45, 2.75) is 19.8 Å². The number of halogens is 1. The second-order valence-corrected chi connectivity index (χ2v) is 4.23. The first-order valence-electron chi connectivity index (χ1n) is 4.85. The van der Waals surface area contributed by atoms with Crippen molar-refractivity contribution in [1.82, 2.24) is 0 Å². The molecule has 0 saturated heterocycles. The standard InChI is InChI=1S/C12H16BrN/c1-3-4-5-8-14-12-9-11(13)7-6-10(12)2/h3,6-7,9,14H,1,4-5,8H2,2H3. The minimum absolute atomic E-state index is 1.00. The van der Waals surface area contributed by atoms with Crippen LogP contribution in [0.5, 0.6) is 0 Å². The van der Waals surface area contributed by atoms with Gasteiger partial charge < -0.3 is 5.32 Å². The molecule has 1 nitrogen and oxygen atoms in total. The maximum Gasteiger partial charge on any atom is 0.0381 e. The van der Waals surface area contributed by atoms with Crippen molar-refractivity contribution in [1.29, 1.82) is 0 Å². The van der Waals surface area contributed by atoms with E-state index in [0.29, 0.717) is 0 Å². The summed E-state index contributed by atoms with van der Waals surface area (Å²) in [5.41, 5.74) is 2.50. The molecule has 0 radical (unpaired) electrons. The van der Waals surface area contributed by atoms with Crippen LogP contribution >= 0.6 is 15.9 Å². The molecule has 0 aliphatic heterocycles. The smallest absolute Gasteiger partial charge is 0.0381 e. The highest BCUT2D eigenvalue weighted by molar-refractivity contribution is 9.10. The molecule has 1 rings (SSSR count). The van der Waals surface area contributed by atoms with Crippen LogP contribution in [0.15, 0.2) is 35.3 Å². The van der Waals surface area contributed by atoms with Crippen LogP contribution in [0.25, 0.3) is 0 Å². The lowest BCUT2D eigenvalue weighted by molar-refractivity contribution is 0.890. The highest BCUT2D eigenvalue weighted by Gasteiger charge is 1.97. The van der Waals surface area contributed by atoms with E-state index in [9.17, 15) is 0 Å². The van der Waals surface area contributed by atoms with Gasteiger partial charge in [-0.2, -0.15) is 0 Å². The van der Waals surface area contributed by atoms with E-state index in [-0.39, 0.29) is 0 Å². The van der Waals surface area contributed by atoms with E-state index >= 15 is 0 Å². The quantitative estimate of drug-likeness (QED) is 0.615. The van der Waals surface area contributed by atoms with Gasteiger partial charge in [0.1, 0.15) is 0 Å². The molecule has 0 spiro atoms. The van der Waals surface area contributed by atoms with E-state index < -0.39 is 0 Å². The van der Waals surface area contributed by atoms with Crippen molar-refractivity contribution in [3.8, 4) is 0 Å². The van der Waals surface area contributed by atoms with E-state index in [0.717, 1.165) is 23.9 Å². The van der Waals surface area contributed by atoms with Crippen molar-refractivity contribution in [3.05, 3.63) is 40.9 Å². The van der Waals surface area contributed by atoms with E-state index in [4.69, 9.17) is 0 Å². The van der Waals surface area contributed by atoms with Gasteiger partial charge in [-0.15, -0.1) is 6.58 Å². The minimum Gasteiger partial charge on any atom is -0.385 e. The van der Waals surface area contributed by atoms with E-state index in [1.165, 1.54) is 11.3 Å². The Labute approximate surface area is 94.3 Å². The lowest BCUT2D eigenvalue weighted by Crippen LogP contribution is -2.02. The van der Waals surface area contributed by atoms with Crippen molar-refractivity contribution < 1.29 is 0 Å². The van der Waals surface area contributed by atoms with Gasteiger partial charge >= 0.3 is 0 Å². The average molecular weight is 254 g/mol. The zero-order chi connectivity index (χ0) is 10.4. The molecule has 2 heteroatoms. The highest BCUT2D eigenvalue weighted by atomic mass is 79.9. The third-order valence-electron chi connectivity index (χ3n) is 2.10. The summed E-state index contributed by atoms with van der Waals surface area (Å²) in [4.78, 5) is 0. The lowest BCUT2D eigenvalue weighted by atomic mass is 10.2. The Kier molecular flexibility index (Phi) is 4.74. The van der Waals surface area contributed by atoms with Gasteiger partial charge in [-0.3, -0.25) is 0 Å². The largest absolute Gasteiger partial charge is 0.385 e. The van der Waals surface area contributed by atoms with Crippen LogP contribution < -0.4 is 5.32 Å². The van der Waals surface area contributed by atoms with Crippen LogP contribution in [0.1, 0.15) is 18.4 Å². The third-order valence-corrected chi connectivity index (χ3v) is 2.59. The van der Waals surface area contributed by atoms with Gasteiger partial charge in [0, 0.05) is 16.7 Å². The van der Waals surface area contributed by atoms with Crippen molar-refractivity contribution in [2.75, 3.05) is 11.9 Å². The van der Waals surface area contributed by atoms with E-state index in [1.807, 2.05) is 6.08 Å². The monoisotopic (exact) mass is 253 g/mol. The molecule has 0 unspecified atom stereocenters. The van der Waals surface area contributed by atoms with Gasteiger partial charge in [-0.25, -0.2) is 0 Å². The summed E-state index contributed by atoms with van der Waals surface area (Å²) in [5.74, 6) is 0. The summed E-state index contributed by atoms with van der Waals surface area (Å²) in [7, 11) is 0. The molecule has 0 aliphatic rings. The summed E-state index contributed by atoms with van der Waals surface area (Å²) in [5, 5.41) is 3.41. The zero-order valence-electron chi connectivity index (χ0n) is 8.52. The maximum absolute atomic E-state index is 3.70. The fraction of sp³-hybridized carbons (Fsp3) is 0.333. The molecule has 76 valence electrons. The van der Waals surface area contributed by atoms with Gasteiger partial charge in [0.2, 0.25) is 0 Å². The Morgan fingerprint density at radius 1 is 1.50 bits per heavy atom. The maximum atomic E-state index is 3.70. The molecule has 0 aromatic heterocycles. The molecule has 0 bridgehead atoms. The summed E-state index contributed by atoms with van der Waals surface area (Å²) in [6, 6.07) is 6.29. The summed E-state index contributed by atoms with van der Waals surface area (Å²) in [6.45, 7) is 6.82. The molecule has 0 atom stereocenters. The van der Waals surface area contributed by atoms with Crippen LogP contribution in [-0.2, 0) is 0 Å². The average Bonchev–Trinajstić information content (AvgIpc) is 2.18. The number of benzene rings is 1. The Bertz CT molecular complexity index is 307. The summed E-state index contributed by atoms with van der Waals surface area (Å²) < 4.78 is 1.12. The first-order chi connectivity index (χ1) is 6.74. The van der Waals surface area contributed by atoms with Gasteiger partial charge in [0.05, 0.1) is 0 Å². The van der Waals surface area contributed by atoms with Crippen LogP contribution in [0.4, 0.5) is 5.69 Å². The summed E-state index contributed by atoms with van der Waals surface area (Å²) in [6.07, 6.45) is 4.16. The number of rotatable bonds is 5. The first-order valence-corrected chi connectivity index (χ1v) is 5.64. The minimum atomic E-state index is 1.00. The molecule has 0 aliphatic carbocycles. The predicted molar refractivity (Wildman–Crippen MR) is 66.8 cm³/mol. The Balaban J connectivity index is 2.49. The second kappa shape index (κ2) is 5.86. The third kappa shape index (κ3) is 3.54. The van der Waals surface area contributed by atoms with Crippen molar-refractivity contribution >= 4 is 21.6 Å². The molecule has 0 heterocycles. The number of allylic oxidation sites excluding steroid dienone is 1. The number of aryl methyl sites for hydroxylation is 1. The Hall–Kier alpha value is -0.760. The van der Waals surface area contributed by atoms with E-state index in [1.54, 1.807) is 0 Å². The van der Waals surface area contributed by atoms with E-state index in [2.05, 4.69) is 52.9 Å². The van der Waals surface area contributed by atoms with Gasteiger partial charge in [-0.05, 0) is 37.5 Å². The topological polar surface area (TPSA) is 12.0 Å². The second-order valence-electron chi connectivity index (χ2n) is 3.32. The van der Waals surface area contributed by atoms with Gasteiger partial charge in [0.15, 0.2) is 0 Å². The molecule has 0 amide bonds. The molecule has 1 aromatic carbocycles. The lowest BCUT2D eigenvalue weighted by Gasteiger charge is -2.09.